The zero-order valence-electron chi connectivity index (χ0n) is 11.3. The fraction of sp³-hybridized carbons (Fsp3) is 0.500. The second-order valence-electron chi connectivity index (χ2n) is 4.23. The van der Waals surface area contributed by atoms with E-state index in [1.54, 1.807) is 0 Å². The predicted octanol–water partition coefficient (Wildman–Crippen LogP) is 2.09. The Morgan fingerprint density at radius 2 is 1.68 bits per heavy atom. The molecule has 0 spiro atoms. The average molecular weight is 297 g/mol. The van der Waals surface area contributed by atoms with Gasteiger partial charge in [-0.2, -0.15) is 8.42 Å². The molecular weight excluding hydrogens is 279 g/mol. The van der Waals surface area contributed by atoms with Gasteiger partial charge < -0.3 is 10.2 Å². The van der Waals surface area contributed by atoms with Crippen molar-refractivity contribution >= 4 is 39.7 Å². The Hall–Kier alpha value is -0.270. The summed E-state index contributed by atoms with van der Waals surface area (Å²) >= 11 is 0. The molecule has 0 aliphatic carbocycles. The van der Waals surface area contributed by atoms with E-state index in [2.05, 4.69) is 6.92 Å². The van der Waals surface area contributed by atoms with Crippen molar-refractivity contribution in [1.82, 2.24) is 0 Å². The largest absolute Gasteiger partial charge is 0.508 e. The van der Waals surface area contributed by atoms with Gasteiger partial charge in [-0.3, -0.25) is 4.55 Å². The van der Waals surface area contributed by atoms with E-state index in [-0.39, 0.29) is 35.3 Å². The molecule has 3 N–H and O–H groups in total. The van der Waals surface area contributed by atoms with E-state index in [0.29, 0.717) is 12.0 Å². The number of unbranched alkanes of at least 4 members (excludes halogenated alkanes) is 3. The van der Waals surface area contributed by atoms with Crippen LogP contribution in [-0.2, 0) is 16.5 Å². The molecule has 19 heavy (non-hydrogen) atoms. The molecule has 0 aliphatic heterocycles. The molecule has 0 unspecified atom stereocenters. The summed E-state index contributed by atoms with van der Waals surface area (Å²) in [6.45, 7) is 2.08. The predicted molar refractivity (Wildman–Crippen MR) is 73.2 cm³/mol. The smallest absolute Gasteiger partial charge is 0.298 e. The number of phenols is 2. The van der Waals surface area contributed by atoms with Crippen LogP contribution in [-0.4, -0.2) is 52.7 Å². The Kier molecular flexibility index (Phi) is 8.00. The summed E-state index contributed by atoms with van der Waals surface area (Å²) in [5.41, 5.74) is 0.413. The van der Waals surface area contributed by atoms with Crippen LogP contribution in [0.2, 0.25) is 0 Å². The molecule has 0 amide bonds. The van der Waals surface area contributed by atoms with Gasteiger partial charge in [-0.15, -0.1) is 0 Å². The maximum Gasteiger partial charge on any atom is 0.298 e. The number of hydrogen-bond donors (Lipinski definition) is 3. The molecule has 0 aliphatic rings. The Morgan fingerprint density at radius 1 is 1.05 bits per heavy atom. The van der Waals surface area contributed by atoms with Gasteiger partial charge in [0.2, 0.25) is 0 Å². The Labute approximate surface area is 135 Å². The van der Waals surface area contributed by atoms with Crippen molar-refractivity contribution in [1.29, 1.82) is 0 Å². The summed E-state index contributed by atoms with van der Waals surface area (Å²) in [6.07, 6.45) is 4.46. The first-order chi connectivity index (χ1) is 8.36. The van der Waals surface area contributed by atoms with Crippen molar-refractivity contribution in [2.45, 2.75) is 43.9 Å². The Morgan fingerprint density at radius 3 is 2.21 bits per heavy atom. The van der Waals surface area contributed by atoms with Crippen LogP contribution in [0.1, 0.15) is 38.2 Å². The van der Waals surface area contributed by atoms with Crippen LogP contribution in [0.4, 0.5) is 0 Å². The molecule has 1 radical (unpaired) electrons. The Balaban J connectivity index is 0.00000324. The van der Waals surface area contributed by atoms with E-state index < -0.39 is 20.8 Å². The minimum absolute atomic E-state index is 0. The molecule has 0 saturated carbocycles. The first-order valence-corrected chi connectivity index (χ1v) is 7.32. The molecule has 0 atom stereocenters. The normalized spacial score (nSPS) is 11.1. The molecule has 0 saturated heterocycles. The zero-order chi connectivity index (χ0) is 13.8. The molecule has 7 heteroatoms. The number of benzene rings is 1. The van der Waals surface area contributed by atoms with Crippen LogP contribution in [0.25, 0.3) is 0 Å². The third-order valence-electron chi connectivity index (χ3n) is 2.74. The van der Waals surface area contributed by atoms with Crippen LogP contribution < -0.4 is 0 Å². The average Bonchev–Trinajstić information content (AvgIpc) is 2.25. The van der Waals surface area contributed by atoms with Gasteiger partial charge in [0.15, 0.2) is 0 Å². The SMILES string of the molecule is CCCCCCc1cc(S(=O)(=O)O)c(O)cc1O.[Na]. The molecule has 5 nitrogen and oxygen atoms in total. The standard InChI is InChI=1S/C12H18O5S.Na/c1-2-3-4-5-6-9-7-12(18(15,16)17)11(14)8-10(9)13;/h7-8,13-14H,2-6H2,1H3,(H,15,16,17);. The first kappa shape index (κ1) is 18.7. The molecule has 103 valence electrons. The third kappa shape index (κ3) is 5.71. The minimum atomic E-state index is -4.47. The summed E-state index contributed by atoms with van der Waals surface area (Å²) in [7, 11) is -4.47. The summed E-state index contributed by atoms with van der Waals surface area (Å²) in [6, 6.07) is 2.06. The quantitative estimate of drug-likeness (QED) is 0.424. The second-order valence-corrected chi connectivity index (χ2v) is 5.62. The van der Waals surface area contributed by atoms with Gasteiger partial charge in [-0.25, -0.2) is 0 Å². The molecule has 0 fully saturated rings. The van der Waals surface area contributed by atoms with Crippen molar-refractivity contribution in [3.05, 3.63) is 17.7 Å². The van der Waals surface area contributed by atoms with Gasteiger partial charge in [0.25, 0.3) is 10.1 Å². The van der Waals surface area contributed by atoms with Crippen LogP contribution >= 0.6 is 0 Å². The van der Waals surface area contributed by atoms with E-state index in [9.17, 15) is 18.6 Å². The number of rotatable bonds is 6. The van der Waals surface area contributed by atoms with Crippen LogP contribution in [0.3, 0.4) is 0 Å². The third-order valence-corrected chi connectivity index (χ3v) is 3.62. The first-order valence-electron chi connectivity index (χ1n) is 5.88. The fourth-order valence-electron chi connectivity index (χ4n) is 1.75. The van der Waals surface area contributed by atoms with Gasteiger partial charge in [0, 0.05) is 35.6 Å². The summed E-state index contributed by atoms with van der Waals surface area (Å²) in [5, 5.41) is 19.0. The number of aryl methyl sites for hydroxylation is 1. The van der Waals surface area contributed by atoms with Crippen molar-refractivity contribution in [2.75, 3.05) is 0 Å². The van der Waals surface area contributed by atoms with Crippen LogP contribution in [0, 0.1) is 0 Å². The van der Waals surface area contributed by atoms with Gasteiger partial charge in [-0.1, -0.05) is 26.2 Å². The van der Waals surface area contributed by atoms with Crippen molar-refractivity contribution in [3.63, 3.8) is 0 Å². The number of aromatic hydroxyl groups is 2. The van der Waals surface area contributed by atoms with Gasteiger partial charge in [0.05, 0.1) is 0 Å². The summed E-state index contributed by atoms with van der Waals surface area (Å²) in [5.74, 6) is -0.802. The van der Waals surface area contributed by atoms with Crippen molar-refractivity contribution < 1.29 is 23.2 Å². The maximum atomic E-state index is 11.0. The molecule has 0 aromatic heterocycles. The van der Waals surface area contributed by atoms with Gasteiger partial charge in [0.1, 0.15) is 16.4 Å². The van der Waals surface area contributed by atoms with Crippen LogP contribution in [0.5, 0.6) is 11.5 Å². The molecule has 1 aromatic rings. The van der Waals surface area contributed by atoms with E-state index in [0.717, 1.165) is 37.8 Å². The Bertz CT molecular complexity index is 513. The maximum absolute atomic E-state index is 11.0. The molecule has 0 heterocycles. The van der Waals surface area contributed by atoms with Gasteiger partial charge in [-0.05, 0) is 24.5 Å². The summed E-state index contributed by atoms with van der Waals surface area (Å²) in [4.78, 5) is -0.564. The van der Waals surface area contributed by atoms with Crippen LogP contribution in [0.15, 0.2) is 17.0 Å². The molecular formula is C12H18NaO5S. The van der Waals surface area contributed by atoms with E-state index in [1.165, 1.54) is 0 Å². The fourth-order valence-corrected chi connectivity index (χ4v) is 2.36. The molecule has 1 aromatic carbocycles. The topological polar surface area (TPSA) is 94.8 Å². The molecule has 1 rings (SSSR count). The number of phenolic OH excluding ortho intramolecular Hbond substituents is 2. The van der Waals surface area contributed by atoms with Gasteiger partial charge >= 0.3 is 0 Å². The van der Waals surface area contributed by atoms with E-state index in [4.69, 9.17) is 4.55 Å². The monoisotopic (exact) mass is 297 g/mol. The molecule has 0 bridgehead atoms. The summed E-state index contributed by atoms with van der Waals surface area (Å²) < 4.78 is 30.9. The van der Waals surface area contributed by atoms with Crippen molar-refractivity contribution in [3.8, 4) is 11.5 Å². The minimum Gasteiger partial charge on any atom is -0.508 e. The second kappa shape index (κ2) is 8.11. The zero-order valence-corrected chi connectivity index (χ0v) is 14.1. The number of hydrogen-bond acceptors (Lipinski definition) is 4. The van der Waals surface area contributed by atoms with E-state index >= 15 is 0 Å². The van der Waals surface area contributed by atoms with Crippen molar-refractivity contribution in [2.24, 2.45) is 0 Å². The van der Waals surface area contributed by atoms with E-state index in [1.807, 2.05) is 0 Å².